The fourth-order valence-corrected chi connectivity index (χ4v) is 1.96. The molecule has 0 spiro atoms. The first-order valence-corrected chi connectivity index (χ1v) is 6.33. The molecule has 0 bridgehead atoms. The highest BCUT2D eigenvalue weighted by molar-refractivity contribution is 5.78. The van der Waals surface area contributed by atoms with Gasteiger partial charge in [0, 0.05) is 19.0 Å². The lowest BCUT2D eigenvalue weighted by molar-refractivity contribution is -0.119. The number of nitrogens with one attached hydrogen (secondary N) is 2. The lowest BCUT2D eigenvalue weighted by Gasteiger charge is -2.09. The monoisotopic (exact) mass is 212 g/mol. The van der Waals surface area contributed by atoms with Crippen LogP contribution in [0.25, 0.3) is 0 Å². The third-order valence-electron chi connectivity index (χ3n) is 2.94. The van der Waals surface area contributed by atoms with Crippen molar-refractivity contribution in [1.29, 1.82) is 0 Å². The van der Waals surface area contributed by atoms with Crippen molar-refractivity contribution in [3.63, 3.8) is 0 Å². The molecule has 0 aliphatic carbocycles. The van der Waals surface area contributed by atoms with Gasteiger partial charge in [0.2, 0.25) is 5.91 Å². The predicted octanol–water partition coefficient (Wildman–Crippen LogP) is 1.83. The first kappa shape index (κ1) is 12.5. The van der Waals surface area contributed by atoms with Crippen LogP contribution >= 0.6 is 0 Å². The number of hydrogen-bond donors (Lipinski definition) is 2. The van der Waals surface area contributed by atoms with Gasteiger partial charge in [-0.25, -0.2) is 0 Å². The molecule has 88 valence electrons. The summed E-state index contributed by atoms with van der Waals surface area (Å²) in [5.74, 6) is 0.190. The summed E-state index contributed by atoms with van der Waals surface area (Å²) in [5.41, 5.74) is 0. The molecule has 1 atom stereocenters. The third-order valence-corrected chi connectivity index (χ3v) is 2.94. The zero-order valence-corrected chi connectivity index (χ0v) is 9.85. The molecule has 0 aromatic rings. The number of rotatable bonds is 8. The summed E-state index contributed by atoms with van der Waals surface area (Å²) in [4.78, 5) is 10.9. The summed E-state index contributed by atoms with van der Waals surface area (Å²) in [6.45, 7) is 4.12. The van der Waals surface area contributed by atoms with Crippen LogP contribution in [0.2, 0.25) is 0 Å². The second-order valence-electron chi connectivity index (χ2n) is 4.43. The Morgan fingerprint density at radius 2 is 2.00 bits per heavy atom. The average molecular weight is 212 g/mol. The molecule has 3 nitrogen and oxygen atoms in total. The Bertz CT molecular complexity index is 182. The first-order chi connectivity index (χ1) is 7.33. The molecule has 0 radical (unpaired) electrons. The fourth-order valence-electron chi connectivity index (χ4n) is 1.96. The van der Waals surface area contributed by atoms with Gasteiger partial charge in [-0.2, -0.15) is 0 Å². The van der Waals surface area contributed by atoms with Crippen LogP contribution in [0.5, 0.6) is 0 Å². The lowest BCUT2D eigenvalue weighted by atomic mass is 10.1. The van der Waals surface area contributed by atoms with Gasteiger partial charge < -0.3 is 10.6 Å². The predicted molar refractivity (Wildman–Crippen MR) is 62.8 cm³/mol. The van der Waals surface area contributed by atoms with E-state index in [0.717, 1.165) is 13.1 Å². The average Bonchev–Trinajstić information content (AvgIpc) is 2.63. The maximum absolute atomic E-state index is 10.9. The molecule has 0 aromatic heterocycles. The van der Waals surface area contributed by atoms with Gasteiger partial charge in [-0.05, 0) is 13.0 Å². The highest BCUT2D eigenvalue weighted by Gasteiger charge is 2.19. The standard InChI is InChI=1S/C12H24N2O/c1-2-3-4-5-6-7-8-13-11-9-12(15)14-10-11/h11,13H,2-10H2,1H3,(H,14,15). The van der Waals surface area contributed by atoms with Crippen molar-refractivity contribution in [3.05, 3.63) is 0 Å². The van der Waals surface area contributed by atoms with Crippen molar-refractivity contribution < 1.29 is 4.79 Å². The summed E-state index contributed by atoms with van der Waals surface area (Å²) in [5, 5.41) is 6.26. The maximum Gasteiger partial charge on any atom is 0.221 e. The Hall–Kier alpha value is -0.570. The molecule has 1 rings (SSSR count). The van der Waals surface area contributed by atoms with Gasteiger partial charge >= 0.3 is 0 Å². The van der Waals surface area contributed by atoms with E-state index < -0.39 is 0 Å². The van der Waals surface area contributed by atoms with Crippen molar-refractivity contribution in [2.75, 3.05) is 13.1 Å². The molecule has 1 amide bonds. The molecule has 0 aromatic carbocycles. The Morgan fingerprint density at radius 1 is 1.27 bits per heavy atom. The zero-order valence-electron chi connectivity index (χ0n) is 9.85. The molecule has 1 unspecified atom stereocenters. The Kier molecular flexibility index (Phi) is 6.41. The van der Waals surface area contributed by atoms with Gasteiger partial charge in [0.1, 0.15) is 0 Å². The van der Waals surface area contributed by atoms with Crippen molar-refractivity contribution in [2.24, 2.45) is 0 Å². The number of carbonyl (C=O) groups is 1. The molecule has 3 heteroatoms. The van der Waals surface area contributed by atoms with Gasteiger partial charge in [0.05, 0.1) is 0 Å². The summed E-state index contributed by atoms with van der Waals surface area (Å²) in [7, 11) is 0. The summed E-state index contributed by atoms with van der Waals surface area (Å²) >= 11 is 0. The quantitative estimate of drug-likeness (QED) is 0.603. The van der Waals surface area contributed by atoms with E-state index in [9.17, 15) is 4.79 Å². The van der Waals surface area contributed by atoms with Gasteiger partial charge in [-0.15, -0.1) is 0 Å². The summed E-state index contributed by atoms with van der Waals surface area (Å²) in [6, 6.07) is 0.383. The molecule has 1 aliphatic heterocycles. The largest absolute Gasteiger partial charge is 0.354 e. The van der Waals surface area contributed by atoms with E-state index in [0.29, 0.717) is 12.5 Å². The molecule has 0 saturated carbocycles. The SMILES string of the molecule is CCCCCCCCNC1CNC(=O)C1. The maximum atomic E-state index is 10.9. The molecule has 1 aliphatic rings. The zero-order chi connectivity index (χ0) is 10.9. The third kappa shape index (κ3) is 5.78. The molecule has 15 heavy (non-hydrogen) atoms. The van der Waals surface area contributed by atoms with E-state index in [2.05, 4.69) is 17.6 Å². The Balaban J connectivity index is 1.83. The van der Waals surface area contributed by atoms with Crippen molar-refractivity contribution >= 4 is 5.91 Å². The van der Waals surface area contributed by atoms with Crippen LogP contribution in [0.1, 0.15) is 51.9 Å². The smallest absolute Gasteiger partial charge is 0.221 e. The van der Waals surface area contributed by atoms with Crippen LogP contribution < -0.4 is 10.6 Å². The number of unbranched alkanes of at least 4 members (excludes halogenated alkanes) is 5. The second-order valence-corrected chi connectivity index (χ2v) is 4.43. The molecular weight excluding hydrogens is 188 g/mol. The van der Waals surface area contributed by atoms with Gasteiger partial charge in [0.25, 0.3) is 0 Å². The van der Waals surface area contributed by atoms with Gasteiger partial charge in [-0.1, -0.05) is 39.0 Å². The van der Waals surface area contributed by atoms with Gasteiger partial charge in [-0.3, -0.25) is 4.79 Å². The van der Waals surface area contributed by atoms with E-state index in [4.69, 9.17) is 0 Å². The first-order valence-electron chi connectivity index (χ1n) is 6.33. The van der Waals surface area contributed by atoms with Crippen LogP contribution in [0, 0.1) is 0 Å². The van der Waals surface area contributed by atoms with Crippen molar-refractivity contribution in [3.8, 4) is 0 Å². The molecular formula is C12H24N2O. The molecule has 2 N–H and O–H groups in total. The molecule has 1 saturated heterocycles. The van der Waals surface area contributed by atoms with Crippen molar-refractivity contribution in [1.82, 2.24) is 10.6 Å². The van der Waals surface area contributed by atoms with Crippen LogP contribution in [0.15, 0.2) is 0 Å². The van der Waals surface area contributed by atoms with E-state index in [1.807, 2.05) is 0 Å². The minimum Gasteiger partial charge on any atom is -0.354 e. The van der Waals surface area contributed by atoms with Crippen LogP contribution in [-0.2, 0) is 4.79 Å². The van der Waals surface area contributed by atoms with E-state index in [1.54, 1.807) is 0 Å². The Morgan fingerprint density at radius 3 is 2.67 bits per heavy atom. The van der Waals surface area contributed by atoms with Crippen molar-refractivity contribution in [2.45, 2.75) is 57.9 Å². The van der Waals surface area contributed by atoms with Crippen LogP contribution in [0.4, 0.5) is 0 Å². The number of carbonyl (C=O) groups excluding carboxylic acids is 1. The molecule has 1 heterocycles. The second kappa shape index (κ2) is 7.69. The van der Waals surface area contributed by atoms with E-state index >= 15 is 0 Å². The summed E-state index contributed by atoms with van der Waals surface area (Å²) < 4.78 is 0. The normalized spacial score (nSPS) is 20.6. The number of hydrogen-bond acceptors (Lipinski definition) is 2. The van der Waals surface area contributed by atoms with Gasteiger partial charge in [0.15, 0.2) is 0 Å². The van der Waals surface area contributed by atoms with Crippen LogP contribution in [0.3, 0.4) is 0 Å². The topological polar surface area (TPSA) is 41.1 Å². The fraction of sp³-hybridized carbons (Fsp3) is 0.917. The Labute approximate surface area is 93.0 Å². The highest BCUT2D eigenvalue weighted by Crippen LogP contribution is 2.05. The minimum absolute atomic E-state index is 0.190. The number of amides is 1. The minimum atomic E-state index is 0.190. The van der Waals surface area contributed by atoms with Crippen LogP contribution in [-0.4, -0.2) is 25.0 Å². The van der Waals surface area contributed by atoms with E-state index in [1.165, 1.54) is 38.5 Å². The summed E-state index contributed by atoms with van der Waals surface area (Å²) in [6.07, 6.45) is 8.64. The molecule has 1 fully saturated rings. The van der Waals surface area contributed by atoms with E-state index in [-0.39, 0.29) is 5.91 Å². The highest BCUT2D eigenvalue weighted by atomic mass is 16.1. The lowest BCUT2D eigenvalue weighted by Crippen LogP contribution is -2.31.